The highest BCUT2D eigenvalue weighted by atomic mass is 16.5. The van der Waals surface area contributed by atoms with E-state index >= 15 is 0 Å². The molecule has 0 amide bonds. The van der Waals surface area contributed by atoms with Gasteiger partial charge in [0.05, 0.1) is 18.4 Å². The number of carbonyl (C=O) groups is 1. The quantitative estimate of drug-likeness (QED) is 0.755. The van der Waals surface area contributed by atoms with Crippen molar-refractivity contribution in [2.75, 3.05) is 25.6 Å². The number of aryl methyl sites for hydroxylation is 1. The number of hydrogen-bond acceptors (Lipinski definition) is 5. The number of aliphatic hydroxyl groups is 1. The van der Waals surface area contributed by atoms with Gasteiger partial charge in [0, 0.05) is 13.2 Å². The normalized spacial score (nSPS) is 12.0. The lowest BCUT2D eigenvalue weighted by molar-refractivity contribution is 0.0599. The summed E-state index contributed by atoms with van der Waals surface area (Å²) in [4.78, 5) is 15.6. The van der Waals surface area contributed by atoms with Gasteiger partial charge in [-0.05, 0) is 25.0 Å². The van der Waals surface area contributed by atoms with Crippen LogP contribution in [0.1, 0.15) is 23.0 Å². The summed E-state index contributed by atoms with van der Waals surface area (Å²) in [6.07, 6.45) is 0. The lowest BCUT2D eigenvalue weighted by Gasteiger charge is -2.11. The van der Waals surface area contributed by atoms with Crippen LogP contribution in [0.25, 0.3) is 0 Å². The first kappa shape index (κ1) is 13.4. The van der Waals surface area contributed by atoms with Gasteiger partial charge in [0.25, 0.3) is 0 Å². The van der Waals surface area contributed by atoms with E-state index in [4.69, 9.17) is 5.11 Å². The van der Waals surface area contributed by atoms with Crippen molar-refractivity contribution in [3.8, 4) is 0 Å². The first-order valence-electron chi connectivity index (χ1n) is 5.49. The molecule has 0 aliphatic carbocycles. The molecule has 0 saturated carbocycles. The van der Waals surface area contributed by atoms with E-state index in [9.17, 15) is 4.79 Å². The molecule has 94 valence electrons. The second kappa shape index (κ2) is 6.20. The Morgan fingerprint density at radius 3 is 2.82 bits per heavy atom. The zero-order valence-corrected chi connectivity index (χ0v) is 10.4. The van der Waals surface area contributed by atoms with Gasteiger partial charge in [-0.3, -0.25) is 0 Å². The van der Waals surface area contributed by atoms with Gasteiger partial charge >= 0.3 is 5.97 Å². The number of pyridine rings is 1. The number of aliphatic hydroxyl groups excluding tert-OH is 1. The minimum absolute atomic E-state index is 0.131. The van der Waals surface area contributed by atoms with E-state index in [1.165, 1.54) is 7.11 Å². The number of nitrogens with one attached hydrogen (secondary N) is 1. The highest BCUT2D eigenvalue weighted by molar-refractivity contribution is 5.90. The maximum absolute atomic E-state index is 11.3. The van der Waals surface area contributed by atoms with Crippen LogP contribution >= 0.6 is 0 Å². The van der Waals surface area contributed by atoms with Crippen LogP contribution in [0.4, 0.5) is 5.82 Å². The van der Waals surface area contributed by atoms with Crippen molar-refractivity contribution in [3.05, 3.63) is 23.4 Å². The summed E-state index contributed by atoms with van der Waals surface area (Å²) in [7, 11) is 1.34. The summed E-state index contributed by atoms with van der Waals surface area (Å²) in [6, 6.07) is 3.41. The van der Waals surface area contributed by atoms with E-state index in [0.717, 1.165) is 0 Å². The van der Waals surface area contributed by atoms with E-state index in [1.807, 2.05) is 6.92 Å². The van der Waals surface area contributed by atoms with Crippen molar-refractivity contribution in [2.24, 2.45) is 5.92 Å². The number of nitrogens with zero attached hydrogens (tertiary/aromatic N) is 1. The maximum Gasteiger partial charge on any atom is 0.339 e. The number of rotatable bonds is 5. The van der Waals surface area contributed by atoms with Gasteiger partial charge < -0.3 is 15.2 Å². The summed E-state index contributed by atoms with van der Waals surface area (Å²) in [5.74, 6) is 0.470. The molecule has 0 radical (unpaired) electrons. The van der Waals surface area contributed by atoms with E-state index in [1.54, 1.807) is 19.1 Å². The topological polar surface area (TPSA) is 71.5 Å². The second-order valence-electron chi connectivity index (χ2n) is 3.99. The van der Waals surface area contributed by atoms with Gasteiger partial charge in [0.2, 0.25) is 0 Å². The molecular weight excluding hydrogens is 220 g/mol. The Kier molecular flexibility index (Phi) is 4.90. The van der Waals surface area contributed by atoms with Crippen LogP contribution < -0.4 is 5.32 Å². The molecule has 0 aliphatic heterocycles. The third-order valence-corrected chi connectivity index (χ3v) is 2.43. The molecule has 5 heteroatoms. The highest BCUT2D eigenvalue weighted by Gasteiger charge is 2.10. The van der Waals surface area contributed by atoms with Crippen LogP contribution in [0, 0.1) is 12.8 Å². The standard InChI is InChI=1S/C12H18N2O3/c1-8(7-15)6-13-11-5-4-10(9(2)14-11)12(16)17-3/h4-5,8,15H,6-7H2,1-3H3,(H,13,14). The van der Waals surface area contributed by atoms with Gasteiger partial charge in [0.1, 0.15) is 5.82 Å². The Balaban J connectivity index is 2.72. The van der Waals surface area contributed by atoms with Crippen LogP contribution in [-0.4, -0.2) is 36.3 Å². The predicted octanol–water partition coefficient (Wildman–Crippen LogP) is 1.22. The van der Waals surface area contributed by atoms with Gasteiger partial charge in [0.15, 0.2) is 0 Å². The lowest BCUT2D eigenvalue weighted by atomic mass is 10.2. The maximum atomic E-state index is 11.3. The molecule has 0 fully saturated rings. The van der Waals surface area contributed by atoms with Crippen molar-refractivity contribution in [1.82, 2.24) is 4.98 Å². The molecule has 1 rings (SSSR count). The first-order valence-corrected chi connectivity index (χ1v) is 5.49. The second-order valence-corrected chi connectivity index (χ2v) is 3.99. The van der Waals surface area contributed by atoms with Crippen molar-refractivity contribution in [2.45, 2.75) is 13.8 Å². The van der Waals surface area contributed by atoms with Crippen molar-refractivity contribution in [3.63, 3.8) is 0 Å². The van der Waals surface area contributed by atoms with E-state index in [0.29, 0.717) is 23.6 Å². The van der Waals surface area contributed by atoms with Crippen LogP contribution in [0.15, 0.2) is 12.1 Å². The number of hydrogen-bond donors (Lipinski definition) is 2. The lowest BCUT2D eigenvalue weighted by Crippen LogP contribution is -2.16. The fraction of sp³-hybridized carbons (Fsp3) is 0.500. The average molecular weight is 238 g/mol. The molecule has 1 atom stereocenters. The van der Waals surface area contributed by atoms with Crippen molar-refractivity contribution < 1.29 is 14.6 Å². The third-order valence-electron chi connectivity index (χ3n) is 2.43. The van der Waals surface area contributed by atoms with Crippen LogP contribution in [0.3, 0.4) is 0 Å². The number of methoxy groups -OCH3 is 1. The smallest absolute Gasteiger partial charge is 0.339 e. The monoisotopic (exact) mass is 238 g/mol. The zero-order valence-electron chi connectivity index (χ0n) is 10.4. The van der Waals surface area contributed by atoms with E-state index in [-0.39, 0.29) is 18.5 Å². The molecule has 0 aliphatic rings. The van der Waals surface area contributed by atoms with Gasteiger partial charge in [-0.25, -0.2) is 9.78 Å². The average Bonchev–Trinajstić information content (AvgIpc) is 2.35. The largest absolute Gasteiger partial charge is 0.465 e. The number of aromatic nitrogens is 1. The Hall–Kier alpha value is -1.62. The minimum Gasteiger partial charge on any atom is -0.465 e. The van der Waals surface area contributed by atoms with Crippen LogP contribution in [0.5, 0.6) is 0 Å². The number of esters is 1. The van der Waals surface area contributed by atoms with Crippen LogP contribution in [0.2, 0.25) is 0 Å². The van der Waals surface area contributed by atoms with Gasteiger partial charge in [-0.2, -0.15) is 0 Å². The predicted molar refractivity (Wildman–Crippen MR) is 65.1 cm³/mol. The summed E-state index contributed by atoms with van der Waals surface area (Å²) in [6.45, 7) is 4.46. The first-order chi connectivity index (χ1) is 8.08. The summed E-state index contributed by atoms with van der Waals surface area (Å²) >= 11 is 0. The Morgan fingerprint density at radius 2 is 2.29 bits per heavy atom. The summed E-state index contributed by atoms with van der Waals surface area (Å²) in [5, 5.41) is 12.0. The molecule has 1 heterocycles. The van der Waals surface area contributed by atoms with Crippen molar-refractivity contribution >= 4 is 11.8 Å². The zero-order chi connectivity index (χ0) is 12.8. The Bertz CT molecular complexity index is 393. The molecule has 2 N–H and O–H groups in total. The van der Waals surface area contributed by atoms with Gasteiger partial charge in [-0.15, -0.1) is 0 Å². The van der Waals surface area contributed by atoms with E-state index in [2.05, 4.69) is 15.0 Å². The summed E-state index contributed by atoms with van der Waals surface area (Å²) in [5.41, 5.74) is 1.09. The molecule has 17 heavy (non-hydrogen) atoms. The molecular formula is C12H18N2O3. The molecule has 1 aromatic heterocycles. The number of carbonyl (C=O) groups excluding carboxylic acids is 1. The van der Waals surface area contributed by atoms with Crippen molar-refractivity contribution in [1.29, 1.82) is 0 Å². The van der Waals surface area contributed by atoms with Gasteiger partial charge in [-0.1, -0.05) is 6.92 Å². The van der Waals surface area contributed by atoms with Crippen LogP contribution in [-0.2, 0) is 4.74 Å². The SMILES string of the molecule is COC(=O)c1ccc(NCC(C)CO)nc1C. The fourth-order valence-corrected chi connectivity index (χ4v) is 1.33. The van der Waals surface area contributed by atoms with E-state index < -0.39 is 0 Å². The molecule has 0 saturated heterocycles. The summed E-state index contributed by atoms with van der Waals surface area (Å²) < 4.78 is 4.64. The molecule has 1 unspecified atom stereocenters. The molecule has 0 aromatic carbocycles. The highest BCUT2D eigenvalue weighted by Crippen LogP contribution is 2.12. The minimum atomic E-state index is -0.384. The Morgan fingerprint density at radius 1 is 1.59 bits per heavy atom. The Labute approximate surface area is 101 Å². The third kappa shape index (κ3) is 3.71. The molecule has 0 spiro atoms. The molecule has 1 aromatic rings. The fourth-order valence-electron chi connectivity index (χ4n) is 1.33. The number of ether oxygens (including phenoxy) is 1. The molecule has 0 bridgehead atoms. The molecule has 5 nitrogen and oxygen atoms in total. The number of anilines is 1.